The normalized spacial score (nSPS) is 21.8. The Labute approximate surface area is 122 Å². The molecule has 0 bridgehead atoms. The van der Waals surface area contributed by atoms with Crippen LogP contribution in [-0.4, -0.2) is 51.2 Å². The van der Waals surface area contributed by atoms with Gasteiger partial charge in [0.05, 0.1) is 6.26 Å². The van der Waals surface area contributed by atoms with E-state index >= 15 is 0 Å². The molecule has 1 aliphatic rings. The molecule has 1 aliphatic heterocycles. The molecule has 118 valence electrons. The highest BCUT2D eigenvalue weighted by Gasteiger charge is 2.27. The maximum atomic E-state index is 12.3. The van der Waals surface area contributed by atoms with Gasteiger partial charge in [0.1, 0.15) is 0 Å². The van der Waals surface area contributed by atoms with Gasteiger partial charge in [-0.2, -0.15) is 0 Å². The lowest BCUT2D eigenvalue weighted by Gasteiger charge is -2.36. The molecule has 0 aromatic rings. The Kier molecular flexibility index (Phi) is 6.91. The third-order valence-corrected chi connectivity index (χ3v) is 4.47. The van der Waals surface area contributed by atoms with Crippen LogP contribution in [0.2, 0.25) is 0 Å². The van der Waals surface area contributed by atoms with Crippen molar-refractivity contribution in [2.75, 3.05) is 25.9 Å². The van der Waals surface area contributed by atoms with Crippen molar-refractivity contribution < 1.29 is 13.2 Å². The second kappa shape index (κ2) is 7.95. The monoisotopic (exact) mass is 305 g/mol. The van der Waals surface area contributed by atoms with Crippen molar-refractivity contribution in [3.8, 4) is 0 Å². The van der Waals surface area contributed by atoms with Gasteiger partial charge in [0.25, 0.3) is 0 Å². The summed E-state index contributed by atoms with van der Waals surface area (Å²) < 4.78 is 24.9. The Bertz CT molecular complexity index is 411. The summed E-state index contributed by atoms with van der Waals surface area (Å²) >= 11 is 0. The van der Waals surface area contributed by atoms with E-state index in [9.17, 15) is 13.2 Å². The van der Waals surface area contributed by atoms with Gasteiger partial charge in [-0.3, -0.25) is 4.79 Å². The summed E-state index contributed by atoms with van der Waals surface area (Å²) in [6.45, 7) is 3.67. The number of likely N-dealkylation sites (tertiary alicyclic amines) is 1. The van der Waals surface area contributed by atoms with Crippen molar-refractivity contribution in [2.45, 2.75) is 45.1 Å². The van der Waals surface area contributed by atoms with E-state index in [1.165, 1.54) is 0 Å². The molecule has 1 saturated heterocycles. The molecule has 0 aromatic carbocycles. The van der Waals surface area contributed by atoms with Gasteiger partial charge < -0.3 is 10.6 Å². The van der Waals surface area contributed by atoms with E-state index in [2.05, 4.69) is 4.72 Å². The summed E-state index contributed by atoms with van der Waals surface area (Å²) in [5.41, 5.74) is 5.56. The molecule has 2 atom stereocenters. The summed E-state index contributed by atoms with van der Waals surface area (Å²) in [4.78, 5) is 14.1. The van der Waals surface area contributed by atoms with Crippen LogP contribution in [0, 0.1) is 5.92 Å². The van der Waals surface area contributed by atoms with Crippen LogP contribution in [0.25, 0.3) is 0 Å². The second-order valence-electron chi connectivity index (χ2n) is 5.74. The zero-order chi connectivity index (χ0) is 15.2. The van der Waals surface area contributed by atoms with Crippen molar-refractivity contribution >= 4 is 15.9 Å². The van der Waals surface area contributed by atoms with Gasteiger partial charge in [-0.15, -0.1) is 0 Å². The predicted octanol–water partition coefficient (Wildman–Crippen LogP) is 0.292. The van der Waals surface area contributed by atoms with E-state index in [1.807, 2.05) is 11.8 Å². The quantitative estimate of drug-likeness (QED) is 0.707. The highest BCUT2D eigenvalue weighted by Crippen LogP contribution is 2.19. The third-order valence-electron chi connectivity index (χ3n) is 3.78. The average molecular weight is 305 g/mol. The van der Waals surface area contributed by atoms with Crippen LogP contribution in [0.4, 0.5) is 0 Å². The minimum Gasteiger partial charge on any atom is -0.338 e. The first-order valence-corrected chi connectivity index (χ1v) is 9.16. The highest BCUT2D eigenvalue weighted by molar-refractivity contribution is 7.88. The topological polar surface area (TPSA) is 92.5 Å². The zero-order valence-electron chi connectivity index (χ0n) is 12.5. The first kappa shape index (κ1) is 17.4. The Morgan fingerprint density at radius 2 is 2.15 bits per heavy atom. The molecule has 1 fully saturated rings. The zero-order valence-corrected chi connectivity index (χ0v) is 13.3. The fourth-order valence-corrected chi connectivity index (χ4v) is 2.92. The molecule has 1 heterocycles. The Morgan fingerprint density at radius 3 is 2.75 bits per heavy atom. The lowest BCUT2D eigenvalue weighted by Crippen LogP contribution is -2.49. The Hall–Kier alpha value is -0.660. The molecule has 1 amide bonds. The summed E-state index contributed by atoms with van der Waals surface area (Å²) in [5, 5.41) is 0. The summed E-state index contributed by atoms with van der Waals surface area (Å²) in [6.07, 6.45) is 5.32. The fraction of sp³-hybridized carbons (Fsp3) is 0.923. The molecule has 3 N–H and O–H groups in total. The minimum absolute atomic E-state index is 0.0147. The van der Waals surface area contributed by atoms with Crippen LogP contribution in [0.5, 0.6) is 0 Å². The summed E-state index contributed by atoms with van der Waals surface area (Å²) in [7, 11) is -3.21. The van der Waals surface area contributed by atoms with E-state index in [-0.39, 0.29) is 11.9 Å². The van der Waals surface area contributed by atoms with Crippen molar-refractivity contribution in [1.82, 2.24) is 9.62 Å². The lowest BCUT2D eigenvalue weighted by molar-refractivity contribution is -0.135. The van der Waals surface area contributed by atoms with Crippen molar-refractivity contribution in [2.24, 2.45) is 11.7 Å². The van der Waals surface area contributed by atoms with Crippen molar-refractivity contribution in [1.29, 1.82) is 0 Å². The molecule has 0 aromatic heterocycles. The van der Waals surface area contributed by atoms with Crippen molar-refractivity contribution in [3.63, 3.8) is 0 Å². The molecule has 0 spiro atoms. The summed E-state index contributed by atoms with van der Waals surface area (Å²) in [6, 6.07) is -0.0147. The second-order valence-corrected chi connectivity index (χ2v) is 7.57. The van der Waals surface area contributed by atoms with Crippen LogP contribution in [0.1, 0.15) is 39.0 Å². The highest BCUT2D eigenvalue weighted by atomic mass is 32.2. The standard InChI is InChI=1S/C13H27N3O3S/c1-11(9-14)6-7-13(17)16-8-4-3-5-12(16)10-15-20(2,18)19/h11-12,15H,3-10,14H2,1-2H3. The van der Waals surface area contributed by atoms with Gasteiger partial charge in [-0.1, -0.05) is 6.92 Å². The first-order valence-electron chi connectivity index (χ1n) is 7.27. The van der Waals surface area contributed by atoms with E-state index in [0.717, 1.165) is 38.5 Å². The SMILES string of the molecule is CC(CN)CCC(=O)N1CCCCC1CNS(C)(=O)=O. The van der Waals surface area contributed by atoms with Gasteiger partial charge in [-0.25, -0.2) is 13.1 Å². The predicted molar refractivity (Wildman–Crippen MR) is 79.7 cm³/mol. The van der Waals surface area contributed by atoms with Crippen LogP contribution in [0.3, 0.4) is 0 Å². The molecule has 0 saturated carbocycles. The van der Waals surface area contributed by atoms with Gasteiger partial charge >= 0.3 is 0 Å². The van der Waals surface area contributed by atoms with Crippen LogP contribution in [-0.2, 0) is 14.8 Å². The maximum Gasteiger partial charge on any atom is 0.222 e. The Balaban J connectivity index is 2.52. The smallest absolute Gasteiger partial charge is 0.222 e. The first-order chi connectivity index (χ1) is 9.33. The number of nitrogens with zero attached hydrogens (tertiary/aromatic N) is 1. The van der Waals surface area contributed by atoms with Gasteiger partial charge in [0, 0.05) is 25.6 Å². The van der Waals surface area contributed by atoms with Crippen LogP contribution >= 0.6 is 0 Å². The van der Waals surface area contributed by atoms with Gasteiger partial charge in [0.15, 0.2) is 0 Å². The summed E-state index contributed by atoms with van der Waals surface area (Å²) in [5.74, 6) is 0.460. The van der Waals surface area contributed by atoms with Crippen LogP contribution < -0.4 is 10.5 Å². The number of nitrogens with two attached hydrogens (primary N) is 1. The molecule has 20 heavy (non-hydrogen) atoms. The number of hydrogen-bond acceptors (Lipinski definition) is 4. The third kappa shape index (κ3) is 6.19. The van der Waals surface area contributed by atoms with Crippen LogP contribution in [0.15, 0.2) is 0 Å². The number of rotatable bonds is 7. The van der Waals surface area contributed by atoms with E-state index in [4.69, 9.17) is 5.73 Å². The molecule has 0 radical (unpaired) electrons. The molecule has 7 heteroatoms. The minimum atomic E-state index is -3.21. The number of hydrogen-bond donors (Lipinski definition) is 2. The molecule has 0 aliphatic carbocycles. The van der Waals surface area contributed by atoms with E-state index < -0.39 is 10.0 Å². The Morgan fingerprint density at radius 1 is 1.45 bits per heavy atom. The largest absolute Gasteiger partial charge is 0.338 e. The molecule has 2 unspecified atom stereocenters. The molecular formula is C13H27N3O3S. The van der Waals surface area contributed by atoms with Crippen molar-refractivity contribution in [3.05, 3.63) is 0 Å². The molecule has 6 nitrogen and oxygen atoms in total. The molecular weight excluding hydrogens is 278 g/mol. The fourth-order valence-electron chi connectivity index (χ4n) is 2.42. The number of carbonyl (C=O) groups is 1. The van der Waals surface area contributed by atoms with E-state index in [0.29, 0.717) is 25.4 Å². The number of sulfonamides is 1. The number of piperidine rings is 1. The number of carbonyl (C=O) groups excluding carboxylic acids is 1. The molecule has 1 rings (SSSR count). The maximum absolute atomic E-state index is 12.3. The van der Waals surface area contributed by atoms with E-state index in [1.54, 1.807) is 0 Å². The average Bonchev–Trinajstić information content (AvgIpc) is 2.41. The van der Waals surface area contributed by atoms with Gasteiger partial charge in [0.2, 0.25) is 15.9 Å². The van der Waals surface area contributed by atoms with Gasteiger partial charge in [-0.05, 0) is 38.1 Å². The number of amides is 1. The lowest BCUT2D eigenvalue weighted by atomic mass is 10.00. The number of nitrogens with one attached hydrogen (secondary N) is 1.